The van der Waals surface area contributed by atoms with Crippen LogP contribution in [0, 0.1) is 0 Å². The molecule has 0 amide bonds. The van der Waals surface area contributed by atoms with Gasteiger partial charge in [0.2, 0.25) is 10.0 Å². The van der Waals surface area contributed by atoms with Gasteiger partial charge in [-0.1, -0.05) is 18.6 Å². The molecule has 0 radical (unpaired) electrons. The molecular formula is C14H21NO3S2. The van der Waals surface area contributed by atoms with Gasteiger partial charge in [-0.2, -0.15) is 11.8 Å². The molecule has 112 valence electrons. The normalized spacial score (nSPS) is 21.6. The molecule has 2 atom stereocenters. The number of aliphatic hydroxyl groups excluding tert-OH is 1. The van der Waals surface area contributed by atoms with Gasteiger partial charge in [0, 0.05) is 11.8 Å². The third-order valence-corrected chi connectivity index (χ3v) is 6.25. The fraction of sp³-hybridized carbons (Fsp3) is 0.571. The quantitative estimate of drug-likeness (QED) is 0.875. The van der Waals surface area contributed by atoms with E-state index in [0.29, 0.717) is 17.4 Å². The van der Waals surface area contributed by atoms with Gasteiger partial charge < -0.3 is 5.11 Å². The average molecular weight is 315 g/mol. The highest BCUT2D eigenvalue weighted by molar-refractivity contribution is 8.00. The molecule has 2 N–H and O–H groups in total. The summed E-state index contributed by atoms with van der Waals surface area (Å²) < 4.78 is 27.2. The highest BCUT2D eigenvalue weighted by Crippen LogP contribution is 2.25. The van der Waals surface area contributed by atoms with E-state index in [-0.39, 0.29) is 4.90 Å². The van der Waals surface area contributed by atoms with E-state index in [1.54, 1.807) is 25.1 Å². The molecule has 4 nitrogen and oxygen atoms in total. The van der Waals surface area contributed by atoms with Crippen LogP contribution in [0.2, 0.25) is 0 Å². The van der Waals surface area contributed by atoms with E-state index in [1.807, 2.05) is 11.8 Å². The van der Waals surface area contributed by atoms with Gasteiger partial charge in [0.1, 0.15) is 0 Å². The number of sulfonamides is 1. The molecular weight excluding hydrogens is 294 g/mol. The first-order chi connectivity index (χ1) is 9.49. The minimum Gasteiger partial charge on any atom is -0.389 e. The summed E-state index contributed by atoms with van der Waals surface area (Å²) in [5.41, 5.74) is 0.611. The Bertz CT molecular complexity index is 537. The van der Waals surface area contributed by atoms with E-state index >= 15 is 0 Å². The smallest absolute Gasteiger partial charge is 0.240 e. The predicted octanol–water partition coefficient (Wildman–Crippen LogP) is 2.30. The lowest BCUT2D eigenvalue weighted by Crippen LogP contribution is -2.32. The van der Waals surface area contributed by atoms with Crippen LogP contribution in [0.3, 0.4) is 0 Å². The van der Waals surface area contributed by atoms with Crippen molar-refractivity contribution in [3.63, 3.8) is 0 Å². The molecule has 0 saturated carbocycles. The second kappa shape index (κ2) is 6.93. The van der Waals surface area contributed by atoms with Crippen LogP contribution >= 0.6 is 11.8 Å². The molecule has 0 spiro atoms. The standard InChI is InChI=1S/C14H21NO3S2/c1-11(16)12-5-4-7-14(9-12)20(17,18)15-10-13-6-2-3-8-19-13/h4-5,7,9,11,13,15-16H,2-3,6,8,10H2,1H3. The number of nitrogens with one attached hydrogen (secondary N) is 1. The maximum absolute atomic E-state index is 12.2. The van der Waals surface area contributed by atoms with Crippen molar-refractivity contribution in [1.82, 2.24) is 4.72 Å². The van der Waals surface area contributed by atoms with Gasteiger partial charge in [0.25, 0.3) is 0 Å². The molecule has 1 aromatic carbocycles. The molecule has 1 heterocycles. The van der Waals surface area contributed by atoms with Gasteiger partial charge in [0.15, 0.2) is 0 Å². The topological polar surface area (TPSA) is 66.4 Å². The van der Waals surface area contributed by atoms with Gasteiger partial charge in [-0.25, -0.2) is 13.1 Å². The molecule has 1 aliphatic rings. The summed E-state index contributed by atoms with van der Waals surface area (Å²) in [6.07, 6.45) is 2.81. The Morgan fingerprint density at radius 2 is 2.25 bits per heavy atom. The maximum Gasteiger partial charge on any atom is 0.240 e. The molecule has 1 aromatic rings. The first-order valence-electron chi connectivity index (χ1n) is 6.88. The SMILES string of the molecule is CC(O)c1cccc(S(=O)(=O)NCC2CCCCS2)c1. The van der Waals surface area contributed by atoms with Crippen LogP contribution in [0.1, 0.15) is 37.9 Å². The summed E-state index contributed by atoms with van der Waals surface area (Å²) in [4.78, 5) is 0.219. The van der Waals surface area contributed by atoms with Gasteiger partial charge in [-0.3, -0.25) is 0 Å². The number of rotatable bonds is 5. The molecule has 1 fully saturated rings. The Labute approximate surface area is 125 Å². The molecule has 1 saturated heterocycles. The molecule has 2 rings (SSSR count). The van der Waals surface area contributed by atoms with Gasteiger partial charge in [0.05, 0.1) is 11.0 Å². The molecule has 20 heavy (non-hydrogen) atoms. The summed E-state index contributed by atoms with van der Waals surface area (Å²) in [5, 5.41) is 9.90. The van der Waals surface area contributed by atoms with Crippen molar-refractivity contribution in [1.29, 1.82) is 0 Å². The Kier molecular flexibility index (Phi) is 5.49. The number of benzene rings is 1. The van der Waals surface area contributed by atoms with Crippen LogP contribution in [-0.2, 0) is 10.0 Å². The summed E-state index contributed by atoms with van der Waals surface area (Å²) in [7, 11) is -3.49. The average Bonchev–Trinajstić information content (AvgIpc) is 2.46. The molecule has 0 aliphatic carbocycles. The Balaban J connectivity index is 2.03. The summed E-state index contributed by atoms with van der Waals surface area (Å²) in [6, 6.07) is 6.47. The third kappa shape index (κ3) is 4.22. The highest BCUT2D eigenvalue weighted by Gasteiger charge is 2.19. The number of hydrogen-bond acceptors (Lipinski definition) is 4. The minimum absolute atomic E-state index is 0.219. The second-order valence-electron chi connectivity index (χ2n) is 5.09. The van der Waals surface area contributed by atoms with E-state index in [0.717, 1.165) is 12.2 Å². The van der Waals surface area contributed by atoms with Gasteiger partial charge in [-0.05, 0) is 43.2 Å². The van der Waals surface area contributed by atoms with E-state index in [1.165, 1.54) is 18.9 Å². The van der Waals surface area contributed by atoms with Crippen LogP contribution in [0.25, 0.3) is 0 Å². The highest BCUT2D eigenvalue weighted by atomic mass is 32.2. The summed E-state index contributed by atoms with van der Waals surface area (Å²) >= 11 is 1.84. The van der Waals surface area contributed by atoms with E-state index in [2.05, 4.69) is 4.72 Å². The van der Waals surface area contributed by atoms with Crippen molar-refractivity contribution in [2.75, 3.05) is 12.3 Å². The lowest BCUT2D eigenvalue weighted by molar-refractivity contribution is 0.199. The van der Waals surface area contributed by atoms with E-state index in [9.17, 15) is 13.5 Å². The van der Waals surface area contributed by atoms with Crippen LogP contribution < -0.4 is 4.72 Å². The van der Waals surface area contributed by atoms with Crippen LogP contribution in [0.15, 0.2) is 29.2 Å². The van der Waals surface area contributed by atoms with E-state index in [4.69, 9.17) is 0 Å². The zero-order valence-electron chi connectivity index (χ0n) is 11.6. The molecule has 1 aliphatic heterocycles. The van der Waals surface area contributed by atoms with Crippen LogP contribution in [-0.4, -0.2) is 31.1 Å². The fourth-order valence-corrected chi connectivity index (χ4v) is 4.68. The van der Waals surface area contributed by atoms with Gasteiger partial charge in [-0.15, -0.1) is 0 Å². The van der Waals surface area contributed by atoms with Crippen molar-refractivity contribution in [3.8, 4) is 0 Å². The predicted molar refractivity (Wildman–Crippen MR) is 82.4 cm³/mol. The first-order valence-corrected chi connectivity index (χ1v) is 9.41. The van der Waals surface area contributed by atoms with E-state index < -0.39 is 16.1 Å². The number of aliphatic hydroxyl groups is 1. The Hall–Kier alpha value is -0.560. The largest absolute Gasteiger partial charge is 0.389 e. The Morgan fingerprint density at radius 3 is 2.90 bits per heavy atom. The lowest BCUT2D eigenvalue weighted by Gasteiger charge is -2.21. The van der Waals surface area contributed by atoms with Crippen molar-refractivity contribution in [2.24, 2.45) is 0 Å². The maximum atomic E-state index is 12.2. The second-order valence-corrected chi connectivity index (χ2v) is 8.26. The van der Waals surface area contributed by atoms with Crippen LogP contribution in [0.5, 0.6) is 0 Å². The molecule has 6 heteroatoms. The molecule has 0 bridgehead atoms. The number of hydrogen-bond donors (Lipinski definition) is 2. The number of thioether (sulfide) groups is 1. The lowest BCUT2D eigenvalue weighted by atomic mass is 10.1. The monoisotopic (exact) mass is 315 g/mol. The molecule has 0 aromatic heterocycles. The molecule has 2 unspecified atom stereocenters. The van der Waals surface area contributed by atoms with Crippen molar-refractivity contribution < 1.29 is 13.5 Å². The zero-order chi connectivity index (χ0) is 14.6. The van der Waals surface area contributed by atoms with Crippen molar-refractivity contribution in [3.05, 3.63) is 29.8 Å². The summed E-state index contributed by atoms with van der Waals surface area (Å²) in [5.74, 6) is 1.11. The first kappa shape index (κ1) is 15.8. The third-order valence-electron chi connectivity index (χ3n) is 3.43. The van der Waals surface area contributed by atoms with Gasteiger partial charge >= 0.3 is 0 Å². The zero-order valence-corrected chi connectivity index (χ0v) is 13.2. The minimum atomic E-state index is -3.49. The van der Waals surface area contributed by atoms with Crippen molar-refractivity contribution >= 4 is 21.8 Å². The Morgan fingerprint density at radius 1 is 1.45 bits per heavy atom. The van der Waals surface area contributed by atoms with Crippen molar-refractivity contribution in [2.45, 2.75) is 42.4 Å². The fourth-order valence-electron chi connectivity index (χ4n) is 2.20. The van der Waals surface area contributed by atoms with Crippen LogP contribution in [0.4, 0.5) is 0 Å². The summed E-state index contributed by atoms with van der Waals surface area (Å²) in [6.45, 7) is 2.10.